The van der Waals surface area contributed by atoms with E-state index in [-0.39, 0.29) is 6.04 Å². The predicted molar refractivity (Wildman–Crippen MR) is 64.4 cm³/mol. The number of rotatable bonds is 6. The summed E-state index contributed by atoms with van der Waals surface area (Å²) in [6.45, 7) is 4.59. The maximum absolute atomic E-state index is 5.29. The molecule has 1 unspecified atom stereocenters. The summed E-state index contributed by atoms with van der Waals surface area (Å²) in [7, 11) is 0. The third-order valence-corrected chi connectivity index (χ3v) is 2.11. The van der Waals surface area contributed by atoms with E-state index in [2.05, 4.69) is 28.1 Å². The highest BCUT2D eigenvalue weighted by Crippen LogP contribution is 2.11. The Balaban J connectivity index is 2.65. The number of hydrogen-bond acceptors (Lipinski definition) is 4. The quantitative estimate of drug-likeness (QED) is 0.744. The summed E-state index contributed by atoms with van der Waals surface area (Å²) in [4.78, 5) is 8.34. The Morgan fingerprint density at radius 3 is 3.00 bits per heavy atom. The van der Waals surface area contributed by atoms with Crippen LogP contribution in [0.1, 0.15) is 26.7 Å². The Bertz CT molecular complexity index is 360. The molecule has 1 rings (SSSR count). The topological polar surface area (TPSA) is 47.0 Å². The lowest BCUT2D eigenvalue weighted by Crippen LogP contribution is -2.19. The van der Waals surface area contributed by atoms with Crippen LogP contribution in [0, 0.1) is 12.3 Å². The van der Waals surface area contributed by atoms with Gasteiger partial charge in [-0.3, -0.25) is 0 Å². The van der Waals surface area contributed by atoms with Crippen molar-refractivity contribution in [3.63, 3.8) is 0 Å². The van der Waals surface area contributed by atoms with Gasteiger partial charge < -0.3 is 10.1 Å². The SMILES string of the molecule is C#CCC(CC)Nc1nccc(OCC)n1. The second-order valence-corrected chi connectivity index (χ2v) is 3.31. The lowest BCUT2D eigenvalue weighted by Gasteiger charge is -2.14. The standard InChI is InChI=1S/C12H17N3O/c1-4-7-10(5-2)14-12-13-9-8-11(15-12)16-6-3/h1,8-10H,5-7H2,2-3H3,(H,13,14,15). The number of nitrogens with one attached hydrogen (secondary N) is 1. The molecule has 0 radical (unpaired) electrons. The van der Waals surface area contributed by atoms with Crippen molar-refractivity contribution in [2.45, 2.75) is 32.7 Å². The molecule has 0 saturated carbocycles. The maximum Gasteiger partial charge on any atom is 0.226 e. The Morgan fingerprint density at radius 2 is 2.38 bits per heavy atom. The first-order valence-electron chi connectivity index (χ1n) is 5.46. The van der Waals surface area contributed by atoms with E-state index in [1.54, 1.807) is 12.3 Å². The molecule has 1 heterocycles. The maximum atomic E-state index is 5.29. The van der Waals surface area contributed by atoms with Crippen molar-refractivity contribution in [1.82, 2.24) is 9.97 Å². The lowest BCUT2D eigenvalue weighted by molar-refractivity contribution is 0.326. The average molecular weight is 219 g/mol. The first-order valence-corrected chi connectivity index (χ1v) is 5.46. The van der Waals surface area contributed by atoms with Crippen LogP contribution < -0.4 is 10.1 Å². The summed E-state index contributed by atoms with van der Waals surface area (Å²) in [5.74, 6) is 3.77. The summed E-state index contributed by atoms with van der Waals surface area (Å²) >= 11 is 0. The first-order chi connectivity index (χ1) is 7.80. The molecule has 86 valence electrons. The van der Waals surface area contributed by atoms with E-state index in [0.29, 0.717) is 24.9 Å². The van der Waals surface area contributed by atoms with Gasteiger partial charge in [-0.25, -0.2) is 4.98 Å². The molecule has 0 bridgehead atoms. The van der Waals surface area contributed by atoms with E-state index >= 15 is 0 Å². The van der Waals surface area contributed by atoms with Crippen LogP contribution in [-0.2, 0) is 0 Å². The van der Waals surface area contributed by atoms with Crippen molar-refractivity contribution >= 4 is 5.95 Å². The van der Waals surface area contributed by atoms with Crippen LogP contribution in [-0.4, -0.2) is 22.6 Å². The van der Waals surface area contributed by atoms with E-state index in [1.165, 1.54) is 0 Å². The third kappa shape index (κ3) is 3.77. The monoisotopic (exact) mass is 219 g/mol. The molecule has 0 aliphatic carbocycles. The van der Waals surface area contributed by atoms with Crippen LogP contribution >= 0.6 is 0 Å². The van der Waals surface area contributed by atoms with Crippen LogP contribution in [0.4, 0.5) is 5.95 Å². The highest BCUT2D eigenvalue weighted by molar-refractivity contribution is 5.29. The molecule has 4 nitrogen and oxygen atoms in total. The molecule has 1 atom stereocenters. The van der Waals surface area contributed by atoms with E-state index in [1.807, 2.05) is 6.92 Å². The minimum Gasteiger partial charge on any atom is -0.478 e. The number of ether oxygens (including phenoxy) is 1. The summed E-state index contributed by atoms with van der Waals surface area (Å²) in [5, 5.41) is 3.18. The number of terminal acetylenes is 1. The molecular formula is C12H17N3O. The van der Waals surface area contributed by atoms with Gasteiger partial charge in [-0.15, -0.1) is 12.3 Å². The van der Waals surface area contributed by atoms with E-state index < -0.39 is 0 Å². The molecule has 0 fully saturated rings. The second kappa shape index (κ2) is 6.67. The molecule has 0 spiro atoms. The van der Waals surface area contributed by atoms with Crippen molar-refractivity contribution in [2.75, 3.05) is 11.9 Å². The summed E-state index contributed by atoms with van der Waals surface area (Å²) < 4.78 is 5.29. The zero-order valence-corrected chi connectivity index (χ0v) is 9.73. The van der Waals surface area contributed by atoms with Gasteiger partial charge in [-0.05, 0) is 13.3 Å². The van der Waals surface area contributed by atoms with Gasteiger partial charge in [0.25, 0.3) is 0 Å². The normalized spacial score (nSPS) is 11.6. The molecule has 0 amide bonds. The minimum absolute atomic E-state index is 0.210. The molecule has 0 aromatic carbocycles. The van der Waals surface area contributed by atoms with E-state index in [4.69, 9.17) is 11.2 Å². The molecule has 1 aromatic heterocycles. The second-order valence-electron chi connectivity index (χ2n) is 3.31. The van der Waals surface area contributed by atoms with Crippen molar-refractivity contribution in [1.29, 1.82) is 0 Å². The zero-order valence-electron chi connectivity index (χ0n) is 9.73. The van der Waals surface area contributed by atoms with Crippen molar-refractivity contribution in [2.24, 2.45) is 0 Å². The number of aromatic nitrogens is 2. The summed E-state index contributed by atoms with van der Waals surface area (Å²) in [6.07, 6.45) is 8.55. The predicted octanol–water partition coefficient (Wildman–Crippen LogP) is 2.09. The molecule has 16 heavy (non-hydrogen) atoms. The van der Waals surface area contributed by atoms with Gasteiger partial charge in [0.15, 0.2) is 0 Å². The average Bonchev–Trinajstić information content (AvgIpc) is 2.29. The van der Waals surface area contributed by atoms with Crippen LogP contribution in [0.5, 0.6) is 5.88 Å². The first kappa shape index (κ1) is 12.3. The Hall–Kier alpha value is -1.76. The fourth-order valence-corrected chi connectivity index (χ4v) is 1.26. The van der Waals surface area contributed by atoms with Gasteiger partial charge in [-0.1, -0.05) is 6.92 Å². The van der Waals surface area contributed by atoms with Crippen LogP contribution in [0.2, 0.25) is 0 Å². The van der Waals surface area contributed by atoms with Crippen LogP contribution in [0.3, 0.4) is 0 Å². The van der Waals surface area contributed by atoms with E-state index in [0.717, 1.165) is 6.42 Å². The molecule has 0 aliphatic rings. The highest BCUT2D eigenvalue weighted by Gasteiger charge is 2.06. The zero-order chi connectivity index (χ0) is 11.8. The van der Waals surface area contributed by atoms with E-state index in [9.17, 15) is 0 Å². The molecule has 0 saturated heterocycles. The molecule has 4 heteroatoms. The van der Waals surface area contributed by atoms with Gasteiger partial charge in [0.05, 0.1) is 6.61 Å². The van der Waals surface area contributed by atoms with Crippen LogP contribution in [0.25, 0.3) is 0 Å². The largest absolute Gasteiger partial charge is 0.478 e. The summed E-state index contributed by atoms with van der Waals surface area (Å²) in [6, 6.07) is 1.94. The Labute approximate surface area is 96.5 Å². The van der Waals surface area contributed by atoms with Gasteiger partial charge in [0, 0.05) is 24.7 Å². The van der Waals surface area contributed by atoms with Gasteiger partial charge in [-0.2, -0.15) is 4.98 Å². The van der Waals surface area contributed by atoms with Crippen LogP contribution in [0.15, 0.2) is 12.3 Å². The Kier molecular flexibility index (Phi) is 5.13. The van der Waals surface area contributed by atoms with Gasteiger partial charge >= 0.3 is 0 Å². The number of nitrogens with zero attached hydrogens (tertiary/aromatic N) is 2. The fraction of sp³-hybridized carbons (Fsp3) is 0.500. The Morgan fingerprint density at radius 1 is 1.56 bits per heavy atom. The highest BCUT2D eigenvalue weighted by atomic mass is 16.5. The van der Waals surface area contributed by atoms with Crippen molar-refractivity contribution in [3.05, 3.63) is 12.3 Å². The fourth-order valence-electron chi connectivity index (χ4n) is 1.26. The third-order valence-electron chi connectivity index (χ3n) is 2.11. The molecule has 1 N–H and O–H groups in total. The minimum atomic E-state index is 0.210. The van der Waals surface area contributed by atoms with Gasteiger partial charge in [0.1, 0.15) is 0 Å². The van der Waals surface area contributed by atoms with Crippen molar-refractivity contribution in [3.8, 4) is 18.2 Å². The van der Waals surface area contributed by atoms with Crippen molar-refractivity contribution < 1.29 is 4.74 Å². The molecule has 0 aliphatic heterocycles. The summed E-state index contributed by atoms with van der Waals surface area (Å²) in [5.41, 5.74) is 0. The molecule has 1 aromatic rings. The number of anilines is 1. The van der Waals surface area contributed by atoms with Gasteiger partial charge in [0.2, 0.25) is 11.8 Å². The lowest BCUT2D eigenvalue weighted by atomic mass is 10.2. The molecular weight excluding hydrogens is 202 g/mol. The smallest absolute Gasteiger partial charge is 0.226 e. The number of hydrogen-bond donors (Lipinski definition) is 1.